The van der Waals surface area contributed by atoms with Crippen molar-refractivity contribution in [2.75, 3.05) is 5.88 Å². The van der Waals surface area contributed by atoms with Crippen molar-refractivity contribution in [2.24, 2.45) is 0 Å². The van der Waals surface area contributed by atoms with Crippen LogP contribution in [-0.4, -0.2) is 17.0 Å². The van der Waals surface area contributed by atoms with E-state index in [2.05, 4.69) is 0 Å². The SMILES string of the molecule is CC(=O)CCCC(Cl)CCCCCCCl. The normalized spacial score (nSPS) is 12.7. The number of hydrogen-bond acceptors (Lipinski definition) is 1. The van der Waals surface area contributed by atoms with Crippen molar-refractivity contribution in [3.05, 3.63) is 0 Å². The van der Waals surface area contributed by atoms with Gasteiger partial charge in [-0.3, -0.25) is 0 Å². The van der Waals surface area contributed by atoms with Crippen LogP contribution >= 0.6 is 23.2 Å². The molecular weight excluding hydrogens is 231 g/mol. The Labute approximate surface area is 104 Å². The number of alkyl halides is 2. The number of ketones is 1. The average molecular weight is 253 g/mol. The van der Waals surface area contributed by atoms with Gasteiger partial charge in [0.1, 0.15) is 5.78 Å². The lowest BCUT2D eigenvalue weighted by Crippen LogP contribution is -2.00. The van der Waals surface area contributed by atoms with Crippen LogP contribution in [0, 0.1) is 0 Å². The van der Waals surface area contributed by atoms with E-state index >= 15 is 0 Å². The van der Waals surface area contributed by atoms with Gasteiger partial charge < -0.3 is 4.79 Å². The summed E-state index contributed by atoms with van der Waals surface area (Å²) in [5.74, 6) is 1.03. The largest absolute Gasteiger partial charge is 0.300 e. The fourth-order valence-electron chi connectivity index (χ4n) is 1.53. The summed E-state index contributed by atoms with van der Waals surface area (Å²) in [5.41, 5.74) is 0. The summed E-state index contributed by atoms with van der Waals surface area (Å²) in [6, 6.07) is 0. The topological polar surface area (TPSA) is 17.1 Å². The van der Waals surface area contributed by atoms with Crippen molar-refractivity contribution in [1.82, 2.24) is 0 Å². The van der Waals surface area contributed by atoms with Crippen molar-refractivity contribution in [2.45, 2.75) is 63.7 Å². The predicted molar refractivity (Wildman–Crippen MR) is 68.0 cm³/mol. The van der Waals surface area contributed by atoms with Gasteiger partial charge in [0.25, 0.3) is 0 Å². The Bertz CT molecular complexity index is 160. The van der Waals surface area contributed by atoms with E-state index in [1.807, 2.05) is 0 Å². The highest BCUT2D eigenvalue weighted by atomic mass is 35.5. The Hall–Kier alpha value is 0.250. The minimum absolute atomic E-state index is 0.250. The zero-order valence-corrected chi connectivity index (χ0v) is 11.1. The van der Waals surface area contributed by atoms with Crippen molar-refractivity contribution in [3.8, 4) is 0 Å². The maximum atomic E-state index is 10.7. The third kappa shape index (κ3) is 12.2. The van der Waals surface area contributed by atoms with E-state index in [1.165, 1.54) is 19.3 Å². The Balaban J connectivity index is 3.18. The molecule has 0 aliphatic heterocycles. The second kappa shape index (κ2) is 10.8. The van der Waals surface area contributed by atoms with Gasteiger partial charge in [-0.15, -0.1) is 23.2 Å². The first-order valence-corrected chi connectivity index (χ1v) is 6.83. The third-order valence-corrected chi connectivity index (χ3v) is 3.15. The second-order valence-electron chi connectivity index (χ2n) is 4.08. The van der Waals surface area contributed by atoms with Gasteiger partial charge in [-0.2, -0.15) is 0 Å². The standard InChI is InChI=1S/C12H22Cl2O/c1-11(15)7-6-9-12(14)8-4-2-3-5-10-13/h12H,2-10H2,1H3. The van der Waals surface area contributed by atoms with Gasteiger partial charge in [0.15, 0.2) is 0 Å². The lowest BCUT2D eigenvalue weighted by molar-refractivity contribution is -0.117. The Morgan fingerprint density at radius 2 is 1.67 bits per heavy atom. The van der Waals surface area contributed by atoms with Gasteiger partial charge in [0, 0.05) is 17.7 Å². The number of halogens is 2. The Morgan fingerprint density at radius 3 is 2.27 bits per heavy atom. The molecule has 0 rings (SSSR count). The van der Waals surface area contributed by atoms with Crippen LogP contribution in [0.15, 0.2) is 0 Å². The van der Waals surface area contributed by atoms with Crippen LogP contribution in [0.2, 0.25) is 0 Å². The summed E-state index contributed by atoms with van der Waals surface area (Å²) in [4.78, 5) is 10.7. The fraction of sp³-hybridized carbons (Fsp3) is 0.917. The molecular formula is C12H22Cl2O. The molecule has 0 heterocycles. The predicted octanol–water partition coefficient (Wildman–Crippen LogP) is 4.54. The van der Waals surface area contributed by atoms with E-state index in [-0.39, 0.29) is 11.2 Å². The summed E-state index contributed by atoms with van der Waals surface area (Å²) < 4.78 is 0. The highest BCUT2D eigenvalue weighted by Crippen LogP contribution is 2.16. The van der Waals surface area contributed by atoms with E-state index < -0.39 is 0 Å². The van der Waals surface area contributed by atoms with Crippen molar-refractivity contribution in [1.29, 1.82) is 0 Å². The average Bonchev–Trinajstić information content (AvgIpc) is 2.17. The molecule has 0 N–H and O–H groups in total. The maximum absolute atomic E-state index is 10.7. The monoisotopic (exact) mass is 252 g/mol. The van der Waals surface area contributed by atoms with E-state index in [0.29, 0.717) is 6.42 Å². The van der Waals surface area contributed by atoms with Gasteiger partial charge >= 0.3 is 0 Å². The van der Waals surface area contributed by atoms with Crippen LogP contribution in [0.4, 0.5) is 0 Å². The highest BCUT2D eigenvalue weighted by molar-refractivity contribution is 6.20. The molecule has 3 heteroatoms. The number of carbonyl (C=O) groups is 1. The zero-order valence-electron chi connectivity index (χ0n) is 9.61. The summed E-state index contributed by atoms with van der Waals surface area (Å²) in [6.07, 6.45) is 8.38. The molecule has 0 aliphatic rings. The van der Waals surface area contributed by atoms with Crippen LogP contribution in [0.5, 0.6) is 0 Å². The number of Topliss-reactive ketones (excluding diaryl/α,β-unsaturated/α-hetero) is 1. The Kier molecular flexibility index (Phi) is 10.9. The van der Waals surface area contributed by atoms with E-state index in [9.17, 15) is 4.79 Å². The van der Waals surface area contributed by atoms with Crippen molar-refractivity contribution in [3.63, 3.8) is 0 Å². The van der Waals surface area contributed by atoms with Crippen LogP contribution in [-0.2, 0) is 4.79 Å². The fourth-order valence-corrected chi connectivity index (χ4v) is 2.03. The van der Waals surface area contributed by atoms with Gasteiger partial charge in [0.05, 0.1) is 0 Å². The van der Waals surface area contributed by atoms with Crippen LogP contribution in [0.1, 0.15) is 58.3 Å². The summed E-state index contributed by atoms with van der Waals surface area (Å²) in [5, 5.41) is 0.250. The molecule has 0 saturated heterocycles. The van der Waals surface area contributed by atoms with Gasteiger partial charge in [-0.05, 0) is 32.6 Å². The number of hydrogen-bond donors (Lipinski definition) is 0. The lowest BCUT2D eigenvalue weighted by Gasteiger charge is -2.08. The smallest absolute Gasteiger partial charge is 0.129 e. The maximum Gasteiger partial charge on any atom is 0.129 e. The molecule has 0 aromatic rings. The van der Waals surface area contributed by atoms with Gasteiger partial charge in [0.2, 0.25) is 0 Å². The summed E-state index contributed by atoms with van der Waals surface area (Å²) >= 11 is 11.7. The molecule has 0 aromatic carbocycles. The first-order valence-electron chi connectivity index (χ1n) is 5.86. The molecule has 0 saturated carbocycles. The third-order valence-electron chi connectivity index (χ3n) is 2.45. The number of carbonyl (C=O) groups excluding carboxylic acids is 1. The zero-order chi connectivity index (χ0) is 11.5. The molecule has 90 valence electrons. The minimum Gasteiger partial charge on any atom is -0.300 e. The van der Waals surface area contributed by atoms with E-state index in [1.54, 1.807) is 6.92 Å². The lowest BCUT2D eigenvalue weighted by atomic mass is 10.1. The quantitative estimate of drug-likeness (QED) is 0.412. The second-order valence-corrected chi connectivity index (χ2v) is 5.08. The molecule has 1 nitrogen and oxygen atoms in total. The van der Waals surface area contributed by atoms with Crippen LogP contribution < -0.4 is 0 Å². The molecule has 0 bridgehead atoms. The molecule has 1 unspecified atom stereocenters. The first kappa shape index (κ1) is 15.2. The molecule has 0 radical (unpaired) electrons. The van der Waals surface area contributed by atoms with E-state index in [4.69, 9.17) is 23.2 Å². The number of unbranched alkanes of at least 4 members (excludes halogenated alkanes) is 3. The minimum atomic E-state index is 0.250. The first-order chi connectivity index (χ1) is 7.16. The van der Waals surface area contributed by atoms with Gasteiger partial charge in [-0.1, -0.05) is 19.3 Å². The Morgan fingerprint density at radius 1 is 1.07 bits per heavy atom. The molecule has 0 aliphatic carbocycles. The summed E-state index contributed by atoms with van der Waals surface area (Å²) in [7, 11) is 0. The van der Waals surface area contributed by atoms with E-state index in [0.717, 1.165) is 31.6 Å². The van der Waals surface area contributed by atoms with Gasteiger partial charge in [-0.25, -0.2) is 0 Å². The highest BCUT2D eigenvalue weighted by Gasteiger charge is 2.04. The number of rotatable bonds is 10. The van der Waals surface area contributed by atoms with Crippen LogP contribution in [0.3, 0.4) is 0 Å². The summed E-state index contributed by atoms with van der Waals surface area (Å²) in [6.45, 7) is 1.63. The van der Waals surface area contributed by atoms with Crippen molar-refractivity contribution >= 4 is 29.0 Å². The molecule has 0 spiro atoms. The molecule has 0 amide bonds. The molecule has 1 atom stereocenters. The molecule has 15 heavy (non-hydrogen) atoms. The van der Waals surface area contributed by atoms with Crippen LogP contribution in [0.25, 0.3) is 0 Å². The molecule has 0 fully saturated rings. The van der Waals surface area contributed by atoms with Crippen molar-refractivity contribution < 1.29 is 4.79 Å². The molecule has 0 aromatic heterocycles.